The standard InChI is InChI=1S/C26H31ClN2O5/c1-28-11-13-29(14-12-28)10-4-5-15-33-23-17-22-24(26(32-3)25(23)31-2)20(30)16-21(34-22)18-6-8-19(27)9-7-18/h6-9,16-17H,4-5,10-15H2,1-3H3. The molecule has 3 aromatic rings. The van der Waals surface area contributed by atoms with Gasteiger partial charge in [-0.1, -0.05) is 11.6 Å². The Bertz CT molecular complexity index is 1170. The predicted octanol–water partition coefficient (Wildman–Crippen LogP) is 4.54. The van der Waals surface area contributed by atoms with Crippen molar-refractivity contribution in [3.8, 4) is 28.6 Å². The van der Waals surface area contributed by atoms with Crippen LogP contribution < -0.4 is 19.6 Å². The Balaban J connectivity index is 1.53. The van der Waals surface area contributed by atoms with Crippen molar-refractivity contribution in [1.82, 2.24) is 9.80 Å². The largest absolute Gasteiger partial charge is 0.492 e. The van der Waals surface area contributed by atoms with Gasteiger partial charge in [-0.25, -0.2) is 0 Å². The maximum Gasteiger partial charge on any atom is 0.204 e. The normalized spacial score (nSPS) is 14.9. The number of halogens is 1. The smallest absolute Gasteiger partial charge is 0.204 e. The molecule has 7 nitrogen and oxygen atoms in total. The molecule has 0 bridgehead atoms. The number of piperazine rings is 1. The van der Waals surface area contributed by atoms with E-state index in [4.69, 9.17) is 30.2 Å². The Morgan fingerprint density at radius 1 is 0.971 bits per heavy atom. The van der Waals surface area contributed by atoms with Gasteiger partial charge in [0.05, 0.1) is 20.8 Å². The van der Waals surface area contributed by atoms with Crippen molar-refractivity contribution in [3.63, 3.8) is 0 Å². The first-order valence-corrected chi connectivity index (χ1v) is 11.9. The van der Waals surface area contributed by atoms with Crippen LogP contribution in [-0.4, -0.2) is 70.4 Å². The van der Waals surface area contributed by atoms with E-state index in [2.05, 4.69) is 16.8 Å². The number of hydrogen-bond acceptors (Lipinski definition) is 7. The topological polar surface area (TPSA) is 64.4 Å². The summed E-state index contributed by atoms with van der Waals surface area (Å²) in [5.41, 5.74) is 0.909. The van der Waals surface area contributed by atoms with Gasteiger partial charge in [-0.05, 0) is 50.7 Å². The number of hydrogen-bond donors (Lipinski definition) is 0. The minimum absolute atomic E-state index is 0.222. The Morgan fingerprint density at radius 3 is 2.35 bits per heavy atom. The molecular formula is C26H31ClN2O5. The number of ether oxygens (including phenoxy) is 3. The second-order valence-corrected chi connectivity index (χ2v) is 8.93. The Labute approximate surface area is 204 Å². The fraction of sp³-hybridized carbons (Fsp3) is 0.423. The summed E-state index contributed by atoms with van der Waals surface area (Å²) in [6.07, 6.45) is 1.96. The first kappa shape index (κ1) is 24.4. The van der Waals surface area contributed by atoms with Crippen LogP contribution in [0.1, 0.15) is 12.8 Å². The molecule has 34 heavy (non-hydrogen) atoms. The molecule has 8 heteroatoms. The Hall–Kier alpha value is -2.74. The molecule has 4 rings (SSSR count). The van der Waals surface area contributed by atoms with Crippen molar-refractivity contribution in [2.45, 2.75) is 12.8 Å². The van der Waals surface area contributed by atoms with Gasteiger partial charge in [-0.15, -0.1) is 0 Å². The fourth-order valence-electron chi connectivity index (χ4n) is 4.19. The summed E-state index contributed by atoms with van der Waals surface area (Å²) in [7, 11) is 5.20. The summed E-state index contributed by atoms with van der Waals surface area (Å²) in [5.74, 6) is 1.63. The van der Waals surface area contributed by atoms with E-state index in [-0.39, 0.29) is 5.43 Å². The molecule has 1 aliphatic rings. The van der Waals surface area contributed by atoms with Crippen molar-refractivity contribution in [1.29, 1.82) is 0 Å². The highest BCUT2D eigenvalue weighted by Crippen LogP contribution is 2.43. The number of likely N-dealkylation sites (N-methyl/N-ethyl adjacent to an activating group) is 1. The molecular weight excluding hydrogens is 456 g/mol. The quantitative estimate of drug-likeness (QED) is 0.411. The summed E-state index contributed by atoms with van der Waals surface area (Å²) in [4.78, 5) is 17.8. The number of unbranched alkanes of at least 4 members (excludes halogenated alkanes) is 1. The van der Waals surface area contributed by atoms with Crippen LogP contribution in [0.25, 0.3) is 22.3 Å². The Kier molecular flexibility index (Phi) is 7.98. The minimum atomic E-state index is -0.222. The zero-order valence-electron chi connectivity index (χ0n) is 19.9. The van der Waals surface area contributed by atoms with Crippen LogP contribution in [0.3, 0.4) is 0 Å². The average molecular weight is 487 g/mol. The van der Waals surface area contributed by atoms with Gasteiger partial charge in [0.2, 0.25) is 5.75 Å². The molecule has 1 fully saturated rings. The molecule has 0 N–H and O–H groups in total. The van der Waals surface area contributed by atoms with Crippen molar-refractivity contribution < 1.29 is 18.6 Å². The van der Waals surface area contributed by atoms with Crippen LogP contribution >= 0.6 is 11.6 Å². The summed E-state index contributed by atoms with van der Waals surface area (Å²) < 4.78 is 23.3. The third-order valence-electron chi connectivity index (χ3n) is 6.15. The van der Waals surface area contributed by atoms with Crippen molar-refractivity contribution in [3.05, 3.63) is 51.6 Å². The van der Waals surface area contributed by atoms with Crippen LogP contribution in [0.4, 0.5) is 0 Å². The van der Waals surface area contributed by atoms with Gasteiger partial charge in [0, 0.05) is 48.9 Å². The molecule has 1 aliphatic heterocycles. The maximum absolute atomic E-state index is 13.0. The van der Waals surface area contributed by atoms with E-state index in [1.807, 2.05) is 12.1 Å². The van der Waals surface area contributed by atoms with Gasteiger partial charge in [-0.3, -0.25) is 4.79 Å². The lowest BCUT2D eigenvalue weighted by molar-refractivity contribution is 0.149. The maximum atomic E-state index is 13.0. The number of methoxy groups -OCH3 is 2. The number of fused-ring (bicyclic) bond motifs is 1. The van der Waals surface area contributed by atoms with E-state index < -0.39 is 0 Å². The molecule has 2 heterocycles. The van der Waals surface area contributed by atoms with Gasteiger partial charge < -0.3 is 28.4 Å². The van der Waals surface area contributed by atoms with Gasteiger partial charge in [0.1, 0.15) is 16.7 Å². The number of nitrogens with zero attached hydrogens (tertiary/aromatic N) is 2. The van der Waals surface area contributed by atoms with E-state index in [9.17, 15) is 4.79 Å². The molecule has 0 atom stereocenters. The molecule has 2 aromatic carbocycles. The van der Waals surface area contributed by atoms with Crippen LogP contribution in [0.2, 0.25) is 5.02 Å². The van der Waals surface area contributed by atoms with Crippen molar-refractivity contribution in [2.75, 3.05) is 60.6 Å². The second-order valence-electron chi connectivity index (χ2n) is 8.50. The van der Waals surface area contributed by atoms with E-state index in [1.165, 1.54) is 20.3 Å². The SMILES string of the molecule is COc1c(OCCCCN2CCN(C)CC2)cc2oc(-c3ccc(Cl)cc3)cc(=O)c2c1OC. The molecule has 0 amide bonds. The molecule has 1 saturated heterocycles. The molecule has 0 aliphatic carbocycles. The van der Waals surface area contributed by atoms with Gasteiger partial charge >= 0.3 is 0 Å². The summed E-state index contributed by atoms with van der Waals surface area (Å²) in [6.45, 7) is 6.06. The summed E-state index contributed by atoms with van der Waals surface area (Å²) in [5, 5.41) is 0.932. The lowest BCUT2D eigenvalue weighted by Gasteiger charge is -2.32. The van der Waals surface area contributed by atoms with Gasteiger partial charge in [0.15, 0.2) is 16.9 Å². The first-order valence-electron chi connectivity index (χ1n) is 11.5. The zero-order valence-corrected chi connectivity index (χ0v) is 20.7. The van der Waals surface area contributed by atoms with Crippen molar-refractivity contribution >= 4 is 22.6 Å². The van der Waals surface area contributed by atoms with Crippen molar-refractivity contribution in [2.24, 2.45) is 0 Å². The second kappa shape index (κ2) is 11.1. The first-order chi connectivity index (χ1) is 16.5. The van der Waals surface area contributed by atoms with Crippen LogP contribution in [0.15, 0.2) is 45.6 Å². The highest BCUT2D eigenvalue weighted by molar-refractivity contribution is 6.30. The summed E-state index contributed by atoms with van der Waals surface area (Å²) >= 11 is 6.00. The number of rotatable bonds is 9. The molecule has 1 aromatic heterocycles. The summed E-state index contributed by atoms with van der Waals surface area (Å²) in [6, 6.07) is 10.3. The monoisotopic (exact) mass is 486 g/mol. The molecule has 0 saturated carbocycles. The van der Waals surface area contributed by atoms with Gasteiger partial charge in [-0.2, -0.15) is 0 Å². The fourth-order valence-corrected chi connectivity index (χ4v) is 4.32. The van der Waals surface area contributed by atoms with Crippen LogP contribution in [-0.2, 0) is 0 Å². The van der Waals surface area contributed by atoms with Crippen LogP contribution in [0, 0.1) is 0 Å². The third kappa shape index (κ3) is 5.49. The third-order valence-corrected chi connectivity index (χ3v) is 6.41. The molecule has 0 spiro atoms. The lowest BCUT2D eigenvalue weighted by Crippen LogP contribution is -2.44. The van der Waals surface area contributed by atoms with E-state index in [1.54, 1.807) is 18.2 Å². The van der Waals surface area contributed by atoms with Gasteiger partial charge in [0.25, 0.3) is 0 Å². The number of benzene rings is 2. The van der Waals surface area contributed by atoms with E-state index >= 15 is 0 Å². The zero-order chi connectivity index (χ0) is 24.1. The highest BCUT2D eigenvalue weighted by Gasteiger charge is 2.21. The highest BCUT2D eigenvalue weighted by atomic mass is 35.5. The molecule has 0 unspecified atom stereocenters. The Morgan fingerprint density at radius 2 is 1.68 bits per heavy atom. The average Bonchev–Trinajstić information content (AvgIpc) is 2.84. The predicted molar refractivity (Wildman–Crippen MR) is 135 cm³/mol. The molecule has 0 radical (unpaired) electrons. The lowest BCUT2D eigenvalue weighted by atomic mass is 10.1. The molecule has 182 valence electrons. The minimum Gasteiger partial charge on any atom is -0.492 e. The van der Waals surface area contributed by atoms with E-state index in [0.29, 0.717) is 45.6 Å². The van der Waals surface area contributed by atoms with Crippen LogP contribution in [0.5, 0.6) is 17.2 Å². The van der Waals surface area contributed by atoms with E-state index in [0.717, 1.165) is 51.1 Å².